The fraction of sp³-hybridized carbons (Fsp3) is 0.300. The highest BCUT2D eigenvalue weighted by Gasteiger charge is 2.23. The molecule has 1 amide bonds. The van der Waals surface area contributed by atoms with E-state index in [2.05, 4.69) is 11.9 Å². The second-order valence-electron chi connectivity index (χ2n) is 3.59. The summed E-state index contributed by atoms with van der Waals surface area (Å²) >= 11 is 0. The summed E-state index contributed by atoms with van der Waals surface area (Å²) in [5.41, 5.74) is 1.09. The normalized spacial score (nSPS) is 19.4. The molecule has 0 radical (unpaired) electrons. The fourth-order valence-electron chi connectivity index (χ4n) is 1.25. The Hall–Kier alpha value is -1.33. The van der Waals surface area contributed by atoms with Gasteiger partial charge in [0, 0.05) is 17.1 Å². The average Bonchev–Trinajstić information content (AvgIpc) is 2.18. The summed E-state index contributed by atoms with van der Waals surface area (Å²) in [5, 5.41) is 20.6. The van der Waals surface area contributed by atoms with Crippen molar-refractivity contribution in [3.8, 4) is 0 Å². The molecule has 1 atom stereocenters. The van der Waals surface area contributed by atoms with Crippen molar-refractivity contribution in [1.82, 2.24) is 5.32 Å². The maximum absolute atomic E-state index is 11.3. The molecule has 1 rings (SSSR count). The minimum Gasteiger partial charge on any atom is -0.427 e. The monoisotopic (exact) mass is 207 g/mol. The van der Waals surface area contributed by atoms with Gasteiger partial charge in [-0.1, -0.05) is 18.7 Å². The van der Waals surface area contributed by atoms with Gasteiger partial charge in [0.15, 0.2) is 0 Å². The van der Waals surface area contributed by atoms with E-state index in [0.717, 1.165) is 0 Å². The molecule has 80 valence electrons. The number of hydrogen-bond donors (Lipinski definition) is 3. The topological polar surface area (TPSA) is 69.6 Å². The van der Waals surface area contributed by atoms with Crippen LogP contribution in [0.2, 0.25) is 5.82 Å². The molecule has 0 aromatic rings. The quantitative estimate of drug-likeness (QED) is 0.462. The molecule has 0 aromatic heterocycles. The van der Waals surface area contributed by atoms with Crippen molar-refractivity contribution < 1.29 is 14.8 Å². The van der Waals surface area contributed by atoms with Gasteiger partial charge in [-0.05, 0) is 19.4 Å². The van der Waals surface area contributed by atoms with Gasteiger partial charge < -0.3 is 15.4 Å². The van der Waals surface area contributed by atoms with Crippen LogP contribution in [-0.2, 0) is 4.79 Å². The lowest BCUT2D eigenvalue weighted by molar-refractivity contribution is -0.116. The van der Waals surface area contributed by atoms with E-state index in [-0.39, 0.29) is 11.7 Å². The third-order valence-corrected chi connectivity index (χ3v) is 2.16. The fourth-order valence-corrected chi connectivity index (χ4v) is 1.25. The number of amides is 1. The van der Waals surface area contributed by atoms with Gasteiger partial charge in [-0.25, -0.2) is 0 Å². The van der Waals surface area contributed by atoms with E-state index in [9.17, 15) is 4.79 Å². The van der Waals surface area contributed by atoms with Crippen molar-refractivity contribution in [2.24, 2.45) is 0 Å². The summed E-state index contributed by atoms with van der Waals surface area (Å²) in [6.45, 7) is 5.14. The molecule has 15 heavy (non-hydrogen) atoms. The second kappa shape index (κ2) is 4.95. The Kier molecular flexibility index (Phi) is 3.88. The standard InChI is InChI=1S/C10H14BNO3/c1-7(2)10(13)12-9-5-3-4-8(6-9)11(14)15/h3-5,8,14-15H,1,6H2,2H3,(H,12,13). The average molecular weight is 207 g/mol. The summed E-state index contributed by atoms with van der Waals surface area (Å²) < 4.78 is 0. The molecule has 0 aliphatic heterocycles. The van der Waals surface area contributed by atoms with Crippen molar-refractivity contribution in [3.05, 3.63) is 36.1 Å². The lowest BCUT2D eigenvalue weighted by Gasteiger charge is -2.18. The largest absolute Gasteiger partial charge is 0.459 e. The third-order valence-electron chi connectivity index (χ3n) is 2.16. The van der Waals surface area contributed by atoms with Gasteiger partial charge in [0.2, 0.25) is 5.91 Å². The highest BCUT2D eigenvalue weighted by Crippen LogP contribution is 2.23. The lowest BCUT2D eigenvalue weighted by atomic mass is 9.69. The molecule has 0 saturated carbocycles. The van der Waals surface area contributed by atoms with Gasteiger partial charge in [-0.15, -0.1) is 0 Å². The minimum absolute atomic E-state index is 0.247. The van der Waals surface area contributed by atoms with Crippen LogP contribution >= 0.6 is 0 Å². The van der Waals surface area contributed by atoms with Crippen molar-refractivity contribution >= 4 is 13.0 Å². The van der Waals surface area contributed by atoms with E-state index in [1.54, 1.807) is 25.2 Å². The van der Waals surface area contributed by atoms with E-state index in [4.69, 9.17) is 10.0 Å². The highest BCUT2D eigenvalue weighted by molar-refractivity contribution is 6.44. The summed E-state index contributed by atoms with van der Waals surface area (Å²) in [4.78, 5) is 11.3. The predicted octanol–water partition coefficient (Wildman–Crippen LogP) is 0.365. The molecule has 0 spiro atoms. The van der Waals surface area contributed by atoms with E-state index >= 15 is 0 Å². The zero-order chi connectivity index (χ0) is 11.4. The number of nitrogens with one attached hydrogen (secondary N) is 1. The summed E-state index contributed by atoms with van der Waals surface area (Å²) in [6.07, 6.45) is 5.54. The van der Waals surface area contributed by atoms with E-state index in [1.165, 1.54) is 0 Å². The van der Waals surface area contributed by atoms with Crippen molar-refractivity contribution in [3.63, 3.8) is 0 Å². The van der Waals surface area contributed by atoms with Crippen molar-refractivity contribution in [1.29, 1.82) is 0 Å². The minimum atomic E-state index is -1.40. The molecular formula is C10H14BNO3. The molecule has 0 aromatic carbocycles. The Bertz CT molecular complexity index is 334. The molecule has 0 heterocycles. The number of carbonyl (C=O) groups excluding carboxylic acids is 1. The second-order valence-corrected chi connectivity index (χ2v) is 3.59. The number of hydrogen-bond acceptors (Lipinski definition) is 3. The van der Waals surface area contributed by atoms with E-state index in [1.807, 2.05) is 0 Å². The zero-order valence-corrected chi connectivity index (χ0v) is 8.60. The Morgan fingerprint density at radius 3 is 2.87 bits per heavy atom. The van der Waals surface area contributed by atoms with Crippen molar-refractivity contribution in [2.45, 2.75) is 19.2 Å². The molecule has 3 N–H and O–H groups in total. The Balaban J connectivity index is 2.58. The van der Waals surface area contributed by atoms with Crippen LogP contribution in [0.1, 0.15) is 13.3 Å². The molecule has 5 heteroatoms. The summed E-state index contributed by atoms with van der Waals surface area (Å²) in [5.74, 6) is -0.613. The highest BCUT2D eigenvalue weighted by atomic mass is 16.4. The molecule has 4 nitrogen and oxygen atoms in total. The number of carbonyl (C=O) groups is 1. The zero-order valence-electron chi connectivity index (χ0n) is 8.60. The molecule has 1 unspecified atom stereocenters. The predicted molar refractivity (Wildman–Crippen MR) is 58.7 cm³/mol. The van der Waals surface area contributed by atoms with Crippen LogP contribution in [0.5, 0.6) is 0 Å². The summed E-state index contributed by atoms with van der Waals surface area (Å²) in [7, 11) is -1.40. The first-order valence-corrected chi connectivity index (χ1v) is 4.71. The molecule has 0 fully saturated rings. The van der Waals surface area contributed by atoms with Crippen LogP contribution in [0.15, 0.2) is 36.1 Å². The first kappa shape index (κ1) is 11.7. The number of allylic oxidation sites excluding steroid dienone is 4. The summed E-state index contributed by atoms with van der Waals surface area (Å²) in [6, 6.07) is 0. The SMILES string of the molecule is C=C(C)C(=O)NC1=CC=CC(B(O)O)C1. The first-order chi connectivity index (χ1) is 7.00. The Morgan fingerprint density at radius 1 is 1.67 bits per heavy atom. The first-order valence-electron chi connectivity index (χ1n) is 4.71. The molecule has 1 aliphatic carbocycles. The van der Waals surface area contributed by atoms with Crippen LogP contribution in [0.25, 0.3) is 0 Å². The van der Waals surface area contributed by atoms with Gasteiger partial charge in [0.1, 0.15) is 0 Å². The van der Waals surface area contributed by atoms with Gasteiger partial charge in [-0.3, -0.25) is 4.79 Å². The van der Waals surface area contributed by atoms with Crippen LogP contribution in [0.4, 0.5) is 0 Å². The maximum Gasteiger partial charge on any atom is 0.459 e. The smallest absolute Gasteiger partial charge is 0.427 e. The van der Waals surface area contributed by atoms with Crippen LogP contribution in [-0.4, -0.2) is 23.1 Å². The van der Waals surface area contributed by atoms with Crippen LogP contribution in [0.3, 0.4) is 0 Å². The molecular weight excluding hydrogens is 193 g/mol. The van der Waals surface area contributed by atoms with E-state index in [0.29, 0.717) is 17.7 Å². The van der Waals surface area contributed by atoms with E-state index < -0.39 is 7.12 Å². The van der Waals surface area contributed by atoms with Gasteiger partial charge in [0.25, 0.3) is 0 Å². The maximum atomic E-state index is 11.3. The van der Waals surface area contributed by atoms with Gasteiger partial charge in [-0.2, -0.15) is 0 Å². The Labute approximate surface area is 89.1 Å². The van der Waals surface area contributed by atoms with Crippen LogP contribution < -0.4 is 5.32 Å². The lowest BCUT2D eigenvalue weighted by Crippen LogP contribution is -2.28. The Morgan fingerprint density at radius 2 is 2.33 bits per heavy atom. The van der Waals surface area contributed by atoms with Gasteiger partial charge >= 0.3 is 7.12 Å². The molecule has 0 saturated heterocycles. The van der Waals surface area contributed by atoms with Crippen LogP contribution in [0, 0.1) is 0 Å². The third kappa shape index (κ3) is 3.38. The van der Waals surface area contributed by atoms with Crippen molar-refractivity contribution in [2.75, 3.05) is 0 Å². The molecule has 1 aliphatic rings. The van der Waals surface area contributed by atoms with Gasteiger partial charge in [0.05, 0.1) is 0 Å². The number of rotatable bonds is 3. The molecule has 0 bridgehead atoms.